The molecule has 0 aromatic carbocycles. The molecule has 1 aliphatic heterocycles. The first-order valence-electron chi connectivity index (χ1n) is 4.61. The van der Waals surface area contributed by atoms with Crippen LogP contribution < -0.4 is 5.32 Å². The van der Waals surface area contributed by atoms with E-state index in [-0.39, 0.29) is 0 Å². The maximum atomic E-state index is 5.52. The molecule has 1 fully saturated rings. The van der Waals surface area contributed by atoms with Crippen LogP contribution in [0.2, 0.25) is 0 Å². The summed E-state index contributed by atoms with van der Waals surface area (Å²) in [6, 6.07) is 0.615. The molecule has 13 heavy (non-hydrogen) atoms. The molecule has 1 aromatic rings. The summed E-state index contributed by atoms with van der Waals surface area (Å²) in [6.07, 6.45) is 3.00. The first-order valence-corrected chi connectivity index (χ1v) is 4.61. The second-order valence-electron chi connectivity index (χ2n) is 3.57. The molecule has 0 aliphatic carbocycles. The molecule has 0 bridgehead atoms. The summed E-state index contributed by atoms with van der Waals surface area (Å²) in [7, 11) is 3.95. The van der Waals surface area contributed by atoms with Crippen LogP contribution in [-0.2, 0) is 0 Å². The number of hydrogen-bond donors (Lipinski definition) is 1. The van der Waals surface area contributed by atoms with Gasteiger partial charge in [0.2, 0.25) is 0 Å². The van der Waals surface area contributed by atoms with Gasteiger partial charge in [0.25, 0.3) is 6.01 Å². The Morgan fingerprint density at radius 2 is 2.54 bits per heavy atom. The highest BCUT2D eigenvalue weighted by molar-refractivity contribution is 5.20. The van der Waals surface area contributed by atoms with E-state index in [1.807, 2.05) is 13.2 Å². The van der Waals surface area contributed by atoms with E-state index in [0.29, 0.717) is 11.9 Å². The van der Waals surface area contributed by atoms with Crippen LogP contribution in [0.1, 0.15) is 18.1 Å². The Hall–Kier alpha value is -1.03. The van der Waals surface area contributed by atoms with E-state index in [9.17, 15) is 0 Å². The molecule has 1 atom stereocenters. The molecule has 1 unspecified atom stereocenters. The van der Waals surface area contributed by atoms with Gasteiger partial charge in [0.1, 0.15) is 5.76 Å². The Morgan fingerprint density at radius 3 is 3.08 bits per heavy atom. The lowest BCUT2D eigenvalue weighted by Crippen LogP contribution is -2.13. The molecular formula is C9H15N3O. The van der Waals surface area contributed by atoms with E-state index in [4.69, 9.17) is 4.42 Å². The van der Waals surface area contributed by atoms with Gasteiger partial charge < -0.3 is 14.6 Å². The van der Waals surface area contributed by atoms with Crippen LogP contribution in [0.25, 0.3) is 0 Å². The second-order valence-corrected chi connectivity index (χ2v) is 3.57. The van der Waals surface area contributed by atoms with Crippen molar-refractivity contribution in [3.8, 4) is 0 Å². The van der Waals surface area contributed by atoms with E-state index in [1.54, 1.807) is 0 Å². The Balaban J connectivity index is 2.08. The van der Waals surface area contributed by atoms with Crippen molar-refractivity contribution in [2.75, 3.05) is 32.5 Å². The average molecular weight is 181 g/mol. The molecule has 2 rings (SSSR count). The number of oxazole rings is 1. The van der Waals surface area contributed by atoms with Crippen LogP contribution in [0.15, 0.2) is 10.6 Å². The minimum absolute atomic E-state index is 0.527. The topological polar surface area (TPSA) is 41.3 Å². The van der Waals surface area contributed by atoms with Gasteiger partial charge in [-0.3, -0.25) is 0 Å². The Bertz CT molecular complexity index is 284. The number of likely N-dealkylation sites (tertiary alicyclic amines) is 1. The number of rotatable bonds is 2. The van der Waals surface area contributed by atoms with E-state index < -0.39 is 0 Å². The van der Waals surface area contributed by atoms with Crippen LogP contribution in [0.4, 0.5) is 6.01 Å². The maximum absolute atomic E-state index is 5.52. The summed E-state index contributed by atoms with van der Waals surface area (Å²) >= 11 is 0. The first kappa shape index (κ1) is 8.56. The van der Waals surface area contributed by atoms with Crippen molar-refractivity contribution in [2.24, 2.45) is 0 Å². The molecule has 4 nitrogen and oxygen atoms in total. The van der Waals surface area contributed by atoms with Crippen LogP contribution in [0.3, 0.4) is 0 Å². The molecule has 0 amide bonds. The predicted octanol–water partition coefficient (Wildman–Crippen LogP) is 1.14. The monoisotopic (exact) mass is 181 g/mol. The molecule has 0 radical (unpaired) electrons. The number of anilines is 1. The largest absolute Gasteiger partial charge is 0.428 e. The smallest absolute Gasteiger partial charge is 0.294 e. The lowest BCUT2D eigenvalue weighted by molar-refractivity contribution is 0.398. The van der Waals surface area contributed by atoms with Gasteiger partial charge in [0.05, 0.1) is 6.20 Å². The summed E-state index contributed by atoms with van der Waals surface area (Å²) in [5, 5.41) is 2.89. The number of aromatic nitrogens is 1. The van der Waals surface area contributed by atoms with Gasteiger partial charge >= 0.3 is 0 Å². The maximum Gasteiger partial charge on any atom is 0.294 e. The molecule has 1 saturated heterocycles. The molecule has 1 N–H and O–H groups in total. The molecule has 72 valence electrons. The van der Waals surface area contributed by atoms with Gasteiger partial charge in [-0.15, -0.1) is 0 Å². The van der Waals surface area contributed by atoms with Crippen LogP contribution in [0.5, 0.6) is 0 Å². The first-order chi connectivity index (χ1) is 6.29. The zero-order chi connectivity index (χ0) is 9.26. The van der Waals surface area contributed by atoms with E-state index in [0.717, 1.165) is 18.8 Å². The summed E-state index contributed by atoms with van der Waals surface area (Å²) < 4.78 is 5.52. The zero-order valence-corrected chi connectivity index (χ0v) is 8.08. The SMILES string of the molecule is CNc1ncc(C2CCN(C)C2)o1. The zero-order valence-electron chi connectivity index (χ0n) is 8.08. The molecular weight excluding hydrogens is 166 g/mol. The standard InChI is InChI=1S/C9H15N3O/c1-10-9-11-5-8(13-9)7-3-4-12(2)6-7/h5,7H,3-4,6H2,1-2H3,(H,10,11). The van der Waals surface area contributed by atoms with Crippen molar-refractivity contribution < 1.29 is 4.42 Å². The lowest BCUT2D eigenvalue weighted by Gasteiger charge is -2.06. The third-order valence-electron chi connectivity index (χ3n) is 2.53. The Morgan fingerprint density at radius 1 is 1.69 bits per heavy atom. The molecule has 1 aliphatic rings. The second kappa shape index (κ2) is 3.38. The van der Waals surface area contributed by atoms with E-state index in [1.165, 1.54) is 6.42 Å². The van der Waals surface area contributed by atoms with E-state index >= 15 is 0 Å². The normalized spacial score (nSPS) is 23.7. The number of nitrogens with one attached hydrogen (secondary N) is 1. The summed E-state index contributed by atoms with van der Waals surface area (Å²) in [5.74, 6) is 1.54. The van der Waals surface area contributed by atoms with Crippen molar-refractivity contribution in [3.63, 3.8) is 0 Å². The summed E-state index contributed by atoms with van der Waals surface area (Å²) in [4.78, 5) is 6.42. The predicted molar refractivity (Wildman–Crippen MR) is 50.9 cm³/mol. The van der Waals surface area contributed by atoms with Crippen LogP contribution in [0, 0.1) is 0 Å². The van der Waals surface area contributed by atoms with Crippen molar-refractivity contribution in [3.05, 3.63) is 12.0 Å². The Labute approximate surface area is 77.9 Å². The van der Waals surface area contributed by atoms with E-state index in [2.05, 4.69) is 22.2 Å². The van der Waals surface area contributed by atoms with Crippen molar-refractivity contribution in [1.29, 1.82) is 0 Å². The minimum atomic E-state index is 0.527. The average Bonchev–Trinajstić information content (AvgIpc) is 2.71. The third kappa shape index (κ3) is 1.67. The highest BCUT2D eigenvalue weighted by Crippen LogP contribution is 2.27. The molecule has 0 spiro atoms. The quantitative estimate of drug-likeness (QED) is 0.742. The minimum Gasteiger partial charge on any atom is -0.428 e. The molecule has 0 saturated carbocycles. The summed E-state index contributed by atoms with van der Waals surface area (Å²) in [5.41, 5.74) is 0. The van der Waals surface area contributed by atoms with Crippen molar-refractivity contribution in [1.82, 2.24) is 9.88 Å². The van der Waals surface area contributed by atoms with Crippen molar-refractivity contribution in [2.45, 2.75) is 12.3 Å². The number of hydrogen-bond acceptors (Lipinski definition) is 4. The Kier molecular flexibility index (Phi) is 2.22. The fourth-order valence-corrected chi connectivity index (χ4v) is 1.76. The van der Waals surface area contributed by atoms with Gasteiger partial charge in [-0.05, 0) is 20.0 Å². The number of nitrogens with zero attached hydrogens (tertiary/aromatic N) is 2. The highest BCUT2D eigenvalue weighted by Gasteiger charge is 2.24. The van der Waals surface area contributed by atoms with Gasteiger partial charge in [-0.1, -0.05) is 0 Å². The fraction of sp³-hybridized carbons (Fsp3) is 0.667. The number of likely N-dealkylation sites (N-methyl/N-ethyl adjacent to an activating group) is 1. The highest BCUT2D eigenvalue weighted by atomic mass is 16.4. The molecule has 4 heteroatoms. The van der Waals surface area contributed by atoms with Crippen LogP contribution in [-0.4, -0.2) is 37.1 Å². The molecule has 1 aromatic heterocycles. The lowest BCUT2D eigenvalue weighted by atomic mass is 10.1. The fourth-order valence-electron chi connectivity index (χ4n) is 1.76. The summed E-state index contributed by atoms with van der Waals surface area (Å²) in [6.45, 7) is 2.23. The van der Waals surface area contributed by atoms with Gasteiger partial charge in [0, 0.05) is 19.5 Å². The van der Waals surface area contributed by atoms with Crippen LogP contribution >= 0.6 is 0 Å². The van der Waals surface area contributed by atoms with Gasteiger partial charge in [0.15, 0.2) is 0 Å². The van der Waals surface area contributed by atoms with Gasteiger partial charge in [-0.25, -0.2) is 4.98 Å². The third-order valence-corrected chi connectivity index (χ3v) is 2.53. The van der Waals surface area contributed by atoms with Crippen molar-refractivity contribution >= 4 is 6.01 Å². The molecule has 2 heterocycles. The van der Waals surface area contributed by atoms with Gasteiger partial charge in [-0.2, -0.15) is 0 Å².